The summed E-state index contributed by atoms with van der Waals surface area (Å²) in [6.07, 6.45) is 3.19. The minimum atomic E-state index is -0.973. The predicted molar refractivity (Wildman–Crippen MR) is 88.5 cm³/mol. The van der Waals surface area contributed by atoms with E-state index < -0.39 is 5.97 Å². The van der Waals surface area contributed by atoms with Gasteiger partial charge in [0.25, 0.3) is 0 Å². The molecule has 0 aliphatic carbocycles. The molecule has 6 nitrogen and oxygen atoms in total. The van der Waals surface area contributed by atoms with Crippen molar-refractivity contribution < 1.29 is 14.7 Å². The van der Waals surface area contributed by atoms with Crippen LogP contribution in [0.15, 0.2) is 36.7 Å². The third kappa shape index (κ3) is 3.42. The van der Waals surface area contributed by atoms with Gasteiger partial charge < -0.3 is 10.0 Å². The van der Waals surface area contributed by atoms with E-state index in [2.05, 4.69) is 9.97 Å². The van der Waals surface area contributed by atoms with E-state index in [4.69, 9.17) is 0 Å². The first-order valence-corrected chi connectivity index (χ1v) is 7.93. The molecule has 0 saturated carbocycles. The molecule has 1 aliphatic heterocycles. The zero-order valence-electron chi connectivity index (χ0n) is 13.5. The summed E-state index contributed by atoms with van der Waals surface area (Å²) in [6, 6.07) is 8.66. The maximum Gasteiger partial charge on any atom is 0.336 e. The number of likely N-dealkylation sites (tertiary alicyclic amines) is 1. The average Bonchev–Trinajstić information content (AvgIpc) is 3.04. The molecule has 0 unspecified atom stereocenters. The molecular formula is C18H19N3O3. The van der Waals surface area contributed by atoms with Gasteiger partial charge in [0, 0.05) is 31.3 Å². The normalized spacial score (nSPS) is 17.0. The molecule has 1 N–H and O–H groups in total. The highest BCUT2D eigenvalue weighted by atomic mass is 16.4. The SMILES string of the molecule is CC(=O)N1CC[C@@H](Cc2cc(-c3ccccc3C(=O)O)ncn2)C1. The molecule has 3 rings (SSSR count). The molecule has 0 radical (unpaired) electrons. The van der Waals surface area contributed by atoms with Crippen LogP contribution in [0, 0.1) is 5.92 Å². The van der Waals surface area contributed by atoms with Crippen LogP contribution in [0.25, 0.3) is 11.3 Å². The number of carboxylic acids is 1. The minimum Gasteiger partial charge on any atom is -0.478 e. The number of hydrogen-bond acceptors (Lipinski definition) is 4. The second kappa shape index (κ2) is 6.78. The molecule has 0 bridgehead atoms. The molecule has 24 heavy (non-hydrogen) atoms. The van der Waals surface area contributed by atoms with Crippen LogP contribution < -0.4 is 0 Å². The maximum absolute atomic E-state index is 11.4. The Morgan fingerprint density at radius 3 is 2.79 bits per heavy atom. The van der Waals surface area contributed by atoms with Gasteiger partial charge in [-0.2, -0.15) is 0 Å². The van der Waals surface area contributed by atoms with E-state index in [1.165, 1.54) is 6.33 Å². The molecule has 124 valence electrons. The molecule has 2 heterocycles. The van der Waals surface area contributed by atoms with E-state index in [0.29, 0.717) is 17.2 Å². The van der Waals surface area contributed by atoms with Crippen molar-refractivity contribution in [1.29, 1.82) is 0 Å². The topological polar surface area (TPSA) is 83.4 Å². The molecule has 1 amide bonds. The van der Waals surface area contributed by atoms with Gasteiger partial charge in [0.1, 0.15) is 6.33 Å². The first-order chi connectivity index (χ1) is 11.5. The number of aromatic nitrogens is 2. The number of carboxylic acid groups (broad SMARTS) is 1. The van der Waals surface area contributed by atoms with Crippen LogP contribution in [0.4, 0.5) is 0 Å². The van der Waals surface area contributed by atoms with Crippen molar-refractivity contribution in [3.63, 3.8) is 0 Å². The predicted octanol–water partition coefficient (Wildman–Crippen LogP) is 2.25. The largest absolute Gasteiger partial charge is 0.478 e. The monoisotopic (exact) mass is 325 g/mol. The van der Waals surface area contributed by atoms with Gasteiger partial charge in [0.2, 0.25) is 5.91 Å². The zero-order chi connectivity index (χ0) is 17.1. The van der Waals surface area contributed by atoms with Crippen molar-refractivity contribution in [3.05, 3.63) is 47.9 Å². The molecule has 1 aromatic heterocycles. The molecule has 2 aromatic rings. The van der Waals surface area contributed by atoms with Crippen LogP contribution in [0.2, 0.25) is 0 Å². The molecule has 1 aromatic carbocycles. The second-order valence-corrected chi connectivity index (χ2v) is 6.07. The maximum atomic E-state index is 11.4. The van der Waals surface area contributed by atoms with Crippen LogP contribution in [0.5, 0.6) is 0 Å². The van der Waals surface area contributed by atoms with Crippen molar-refractivity contribution in [2.45, 2.75) is 19.8 Å². The summed E-state index contributed by atoms with van der Waals surface area (Å²) in [6.45, 7) is 3.13. The quantitative estimate of drug-likeness (QED) is 0.932. The highest BCUT2D eigenvalue weighted by Gasteiger charge is 2.24. The molecular weight excluding hydrogens is 306 g/mol. The smallest absolute Gasteiger partial charge is 0.336 e. The van der Waals surface area contributed by atoms with E-state index >= 15 is 0 Å². The van der Waals surface area contributed by atoms with Gasteiger partial charge in [-0.15, -0.1) is 0 Å². The first kappa shape index (κ1) is 16.1. The van der Waals surface area contributed by atoms with E-state index in [0.717, 1.165) is 31.6 Å². The summed E-state index contributed by atoms with van der Waals surface area (Å²) < 4.78 is 0. The van der Waals surface area contributed by atoms with E-state index in [-0.39, 0.29) is 11.5 Å². The standard InChI is InChI=1S/C18H19N3O3/c1-12(22)21-7-6-13(10-21)8-14-9-17(20-11-19-14)15-4-2-3-5-16(15)18(23)24/h2-5,9,11,13H,6-8,10H2,1H3,(H,23,24)/t13-/m0/s1. The zero-order valence-corrected chi connectivity index (χ0v) is 13.5. The number of aromatic carboxylic acids is 1. The van der Waals surface area contributed by atoms with Gasteiger partial charge in [0.05, 0.1) is 11.3 Å². The van der Waals surface area contributed by atoms with Crippen molar-refractivity contribution >= 4 is 11.9 Å². The Morgan fingerprint density at radius 2 is 2.08 bits per heavy atom. The number of rotatable bonds is 4. The highest BCUT2D eigenvalue weighted by Crippen LogP contribution is 2.24. The molecule has 1 atom stereocenters. The van der Waals surface area contributed by atoms with Crippen LogP contribution in [0.1, 0.15) is 29.4 Å². The number of carbonyl (C=O) groups is 2. The fourth-order valence-corrected chi connectivity index (χ4v) is 3.13. The number of hydrogen-bond donors (Lipinski definition) is 1. The summed E-state index contributed by atoms with van der Waals surface area (Å²) in [5, 5.41) is 9.33. The third-order valence-corrected chi connectivity index (χ3v) is 4.39. The highest BCUT2D eigenvalue weighted by molar-refractivity contribution is 5.95. The Hall–Kier alpha value is -2.76. The summed E-state index contributed by atoms with van der Waals surface area (Å²) in [5.74, 6) is -0.485. The fraction of sp³-hybridized carbons (Fsp3) is 0.333. The minimum absolute atomic E-state index is 0.108. The molecule has 6 heteroatoms. The van der Waals surface area contributed by atoms with Crippen LogP contribution in [0.3, 0.4) is 0 Å². The van der Waals surface area contributed by atoms with E-state index in [1.807, 2.05) is 11.0 Å². The Balaban J connectivity index is 1.81. The Morgan fingerprint density at radius 1 is 1.29 bits per heavy atom. The molecule has 1 fully saturated rings. The Bertz CT molecular complexity index is 776. The van der Waals surface area contributed by atoms with E-state index in [1.54, 1.807) is 31.2 Å². The Labute approximate surface area is 140 Å². The lowest BCUT2D eigenvalue weighted by atomic mass is 10.00. The lowest BCUT2D eigenvalue weighted by Crippen LogP contribution is -2.26. The Kier molecular flexibility index (Phi) is 4.55. The summed E-state index contributed by atoms with van der Waals surface area (Å²) in [4.78, 5) is 33.2. The van der Waals surface area contributed by atoms with Crippen LogP contribution in [-0.2, 0) is 11.2 Å². The molecule has 0 spiro atoms. The van der Waals surface area contributed by atoms with Crippen LogP contribution >= 0.6 is 0 Å². The number of amides is 1. The number of nitrogens with zero attached hydrogens (tertiary/aromatic N) is 3. The van der Waals surface area contributed by atoms with Gasteiger partial charge >= 0.3 is 5.97 Å². The van der Waals surface area contributed by atoms with Crippen molar-refractivity contribution in [2.24, 2.45) is 5.92 Å². The fourth-order valence-electron chi connectivity index (χ4n) is 3.13. The third-order valence-electron chi connectivity index (χ3n) is 4.39. The lowest BCUT2D eigenvalue weighted by molar-refractivity contribution is -0.127. The van der Waals surface area contributed by atoms with Gasteiger partial charge in [-0.3, -0.25) is 4.79 Å². The number of carbonyl (C=O) groups excluding carboxylic acids is 1. The average molecular weight is 325 g/mol. The number of benzene rings is 1. The lowest BCUT2D eigenvalue weighted by Gasteiger charge is -2.14. The second-order valence-electron chi connectivity index (χ2n) is 6.07. The van der Waals surface area contributed by atoms with Gasteiger partial charge in [-0.25, -0.2) is 14.8 Å². The molecule has 1 aliphatic rings. The summed E-state index contributed by atoms with van der Waals surface area (Å²) in [7, 11) is 0. The summed E-state index contributed by atoms with van der Waals surface area (Å²) >= 11 is 0. The summed E-state index contributed by atoms with van der Waals surface area (Å²) in [5.41, 5.74) is 2.30. The van der Waals surface area contributed by atoms with E-state index in [9.17, 15) is 14.7 Å². The van der Waals surface area contributed by atoms with Crippen molar-refractivity contribution in [1.82, 2.24) is 14.9 Å². The molecule has 1 saturated heterocycles. The van der Waals surface area contributed by atoms with Gasteiger partial charge in [0.15, 0.2) is 0 Å². The first-order valence-electron chi connectivity index (χ1n) is 7.93. The van der Waals surface area contributed by atoms with Gasteiger partial charge in [-0.05, 0) is 30.9 Å². The van der Waals surface area contributed by atoms with Crippen molar-refractivity contribution in [3.8, 4) is 11.3 Å². The van der Waals surface area contributed by atoms with Gasteiger partial charge in [-0.1, -0.05) is 18.2 Å². The van der Waals surface area contributed by atoms with Crippen molar-refractivity contribution in [2.75, 3.05) is 13.1 Å². The van der Waals surface area contributed by atoms with Crippen LogP contribution in [-0.4, -0.2) is 44.9 Å².